The van der Waals surface area contributed by atoms with Crippen molar-refractivity contribution in [2.24, 2.45) is 20.5 Å². The third-order valence-corrected chi connectivity index (χ3v) is 11.5. The Morgan fingerprint density at radius 2 is 0.600 bits per heavy atom. The molecule has 8 bridgehead atoms. The summed E-state index contributed by atoms with van der Waals surface area (Å²) in [6.45, 7) is 17.0. The second kappa shape index (κ2) is 16.8. The Kier molecular flexibility index (Phi) is 11.7. The normalized spacial score (nSPS) is 13.3. The fourth-order valence-electron chi connectivity index (χ4n) is 7.71. The van der Waals surface area contributed by atoms with Gasteiger partial charge in [0.15, 0.2) is 0 Å². The summed E-state index contributed by atoms with van der Waals surface area (Å²) in [4.78, 5) is 0. The first-order valence-corrected chi connectivity index (χ1v) is 20.9. The highest BCUT2D eigenvalue weighted by atomic mass is 16.3. The van der Waals surface area contributed by atoms with Gasteiger partial charge in [-0.15, -0.1) is 0 Å². The van der Waals surface area contributed by atoms with Gasteiger partial charge in [-0.2, -0.15) is 20.5 Å². The number of phenolic OH excluding ortho intramolecular Hbond substituents is 4. The van der Waals surface area contributed by atoms with Gasteiger partial charge in [0, 0.05) is 47.9 Å². The molecule has 7 rings (SSSR count). The number of azo groups is 2. The molecule has 0 aliphatic heterocycles. The van der Waals surface area contributed by atoms with Gasteiger partial charge in [0.25, 0.3) is 0 Å². The number of phenols is 4. The molecule has 0 saturated heterocycles. The maximum absolute atomic E-state index is 12.1. The van der Waals surface area contributed by atoms with Crippen LogP contribution in [0.3, 0.4) is 0 Å². The Balaban J connectivity index is 1.44. The molecule has 0 radical (unpaired) electrons. The van der Waals surface area contributed by atoms with Crippen molar-refractivity contribution < 1.29 is 20.4 Å². The fraction of sp³-hybridized carbons (Fsp3) is 0.308. The summed E-state index contributed by atoms with van der Waals surface area (Å²) in [6.07, 6.45) is 2.62. The quantitative estimate of drug-likeness (QED) is 0.125. The maximum atomic E-state index is 12.1. The molecule has 1 aliphatic carbocycles. The summed E-state index contributed by atoms with van der Waals surface area (Å²) in [7, 11) is 0. The Morgan fingerprint density at radius 1 is 0.367 bits per heavy atom. The van der Waals surface area contributed by atoms with E-state index < -0.39 is 0 Å². The van der Waals surface area contributed by atoms with E-state index in [-0.39, 0.29) is 59.5 Å². The molecule has 1 aliphatic rings. The second-order valence-electron chi connectivity index (χ2n) is 18.2. The third kappa shape index (κ3) is 9.28. The number of aryl methyl sites for hydroxylation is 2. The Bertz CT molecular complexity index is 2330. The van der Waals surface area contributed by atoms with Crippen LogP contribution in [0.5, 0.6) is 23.0 Å². The lowest BCUT2D eigenvalue weighted by Crippen LogP contribution is -2.13. The minimum atomic E-state index is -0.282. The summed E-state index contributed by atoms with van der Waals surface area (Å²) in [5.74, 6) is 0.307. The molecule has 0 amide bonds. The Hall–Kier alpha value is -6.28. The highest BCUT2D eigenvalue weighted by molar-refractivity contribution is 5.62. The SMILES string of the molecule is CCc1ccc(N=Nc2cc3c(O)c(c2)Cc2cc(C(C)(C)C)cc(c2O)Cc2cc(N=Nc4ccc(CC)cc4)cc(c2O)Cc2cc(C(C)(C)C)cc(c2O)C3)cc1. The van der Waals surface area contributed by atoms with Crippen molar-refractivity contribution in [3.63, 3.8) is 0 Å². The molecule has 308 valence electrons. The van der Waals surface area contributed by atoms with E-state index in [1.165, 1.54) is 11.1 Å². The fourth-order valence-corrected chi connectivity index (χ4v) is 7.71. The molecule has 0 saturated carbocycles. The lowest BCUT2D eigenvalue weighted by Gasteiger charge is -2.24. The summed E-state index contributed by atoms with van der Waals surface area (Å²) in [5.41, 5.74) is 11.1. The minimum Gasteiger partial charge on any atom is -0.507 e. The maximum Gasteiger partial charge on any atom is 0.122 e. The van der Waals surface area contributed by atoms with Gasteiger partial charge in [0.2, 0.25) is 0 Å². The van der Waals surface area contributed by atoms with E-state index in [0.29, 0.717) is 67.3 Å². The van der Waals surface area contributed by atoms with Crippen LogP contribution in [0, 0.1) is 0 Å². The van der Waals surface area contributed by atoms with Crippen molar-refractivity contribution in [1.82, 2.24) is 0 Å². The first kappa shape index (κ1) is 41.9. The van der Waals surface area contributed by atoms with E-state index in [4.69, 9.17) is 0 Å². The van der Waals surface area contributed by atoms with Crippen molar-refractivity contribution >= 4 is 22.7 Å². The zero-order chi connectivity index (χ0) is 42.9. The topological polar surface area (TPSA) is 130 Å². The van der Waals surface area contributed by atoms with Gasteiger partial charge in [-0.25, -0.2) is 0 Å². The first-order chi connectivity index (χ1) is 28.5. The predicted molar refractivity (Wildman–Crippen MR) is 241 cm³/mol. The highest BCUT2D eigenvalue weighted by Gasteiger charge is 2.25. The molecule has 0 atom stereocenters. The van der Waals surface area contributed by atoms with Gasteiger partial charge >= 0.3 is 0 Å². The molecule has 0 fully saturated rings. The highest BCUT2D eigenvalue weighted by Crippen LogP contribution is 2.43. The van der Waals surface area contributed by atoms with E-state index in [9.17, 15) is 20.4 Å². The van der Waals surface area contributed by atoms with Crippen LogP contribution in [0.4, 0.5) is 22.7 Å². The largest absolute Gasteiger partial charge is 0.507 e. The van der Waals surface area contributed by atoms with Crippen molar-refractivity contribution in [1.29, 1.82) is 0 Å². The molecule has 0 unspecified atom stereocenters. The van der Waals surface area contributed by atoms with Gasteiger partial charge in [-0.3, -0.25) is 0 Å². The van der Waals surface area contributed by atoms with Gasteiger partial charge < -0.3 is 20.4 Å². The average Bonchev–Trinajstić information content (AvgIpc) is 3.21. The van der Waals surface area contributed by atoms with Crippen molar-refractivity contribution in [2.45, 2.75) is 105 Å². The molecular weight excluding hydrogens is 745 g/mol. The number of fused-ring (bicyclic) bond motifs is 8. The summed E-state index contributed by atoms with van der Waals surface area (Å²) in [5, 5.41) is 66.7. The number of benzene rings is 6. The van der Waals surface area contributed by atoms with Crippen LogP contribution < -0.4 is 0 Å². The first-order valence-electron chi connectivity index (χ1n) is 20.9. The van der Waals surface area contributed by atoms with Crippen molar-refractivity contribution in [3.8, 4) is 23.0 Å². The number of aromatic hydroxyl groups is 4. The molecule has 0 spiro atoms. The van der Waals surface area contributed by atoms with Crippen molar-refractivity contribution in [3.05, 3.63) is 164 Å². The van der Waals surface area contributed by atoms with Crippen LogP contribution in [-0.4, -0.2) is 20.4 Å². The molecule has 4 N–H and O–H groups in total. The summed E-state index contributed by atoms with van der Waals surface area (Å²) >= 11 is 0. The van der Waals surface area contributed by atoms with E-state index in [1.54, 1.807) is 0 Å². The van der Waals surface area contributed by atoms with Crippen LogP contribution in [0.1, 0.15) is 122 Å². The molecule has 60 heavy (non-hydrogen) atoms. The second-order valence-corrected chi connectivity index (χ2v) is 18.2. The van der Waals surface area contributed by atoms with E-state index in [2.05, 4.69) is 75.8 Å². The van der Waals surface area contributed by atoms with Crippen LogP contribution in [0.2, 0.25) is 0 Å². The number of nitrogens with zero attached hydrogens (tertiary/aromatic N) is 4. The van der Waals surface area contributed by atoms with Crippen LogP contribution in [0.25, 0.3) is 0 Å². The molecule has 8 nitrogen and oxygen atoms in total. The third-order valence-electron chi connectivity index (χ3n) is 11.5. The van der Waals surface area contributed by atoms with Gasteiger partial charge in [0.05, 0.1) is 22.7 Å². The average molecular weight is 801 g/mol. The van der Waals surface area contributed by atoms with E-state index in [0.717, 1.165) is 24.0 Å². The standard InChI is InChI=1S/C52H56N4O4/c1-9-31-11-15-43(16-12-31)53-55-45-27-37-19-33-23-41(51(3,4)5)25-35(47(33)57)21-39-29-46(56-54-44-17-13-32(10-2)14-18-44)30-40(50(39)60)22-36-26-42(52(6,7)8)24-34(48(36)58)20-38(28-45)49(37)59/h11-18,23-30,57-60H,9-10,19-22H2,1-8H3. The minimum absolute atomic E-state index is 0.0692. The summed E-state index contributed by atoms with van der Waals surface area (Å²) in [6, 6.07) is 31.1. The number of rotatable bonds is 6. The van der Waals surface area contributed by atoms with Crippen LogP contribution in [-0.2, 0) is 49.4 Å². The zero-order valence-electron chi connectivity index (χ0n) is 36.1. The molecule has 0 heterocycles. The lowest BCUT2D eigenvalue weighted by molar-refractivity contribution is 0.449. The molecule has 6 aromatic rings. The number of hydrogen-bond acceptors (Lipinski definition) is 8. The molecule has 0 aromatic heterocycles. The van der Waals surface area contributed by atoms with Gasteiger partial charge in [0.1, 0.15) is 23.0 Å². The molecular formula is C52H56N4O4. The predicted octanol–water partition coefficient (Wildman–Crippen LogP) is 13.7. The van der Waals surface area contributed by atoms with Gasteiger partial charge in [-0.05, 0) is 117 Å². The van der Waals surface area contributed by atoms with Crippen LogP contribution >= 0.6 is 0 Å². The van der Waals surface area contributed by atoms with Gasteiger partial charge in [-0.1, -0.05) is 104 Å². The van der Waals surface area contributed by atoms with E-state index in [1.807, 2.05) is 97.1 Å². The molecule has 8 heteroatoms. The Labute approximate surface area is 354 Å². The lowest BCUT2D eigenvalue weighted by atomic mass is 9.81. The summed E-state index contributed by atoms with van der Waals surface area (Å²) < 4.78 is 0. The zero-order valence-corrected chi connectivity index (χ0v) is 36.1. The van der Waals surface area contributed by atoms with Crippen molar-refractivity contribution in [2.75, 3.05) is 0 Å². The Morgan fingerprint density at radius 3 is 0.833 bits per heavy atom. The molecule has 6 aromatic carbocycles. The van der Waals surface area contributed by atoms with E-state index >= 15 is 0 Å². The van der Waals surface area contributed by atoms with Crippen LogP contribution in [0.15, 0.2) is 118 Å². The number of hydrogen-bond donors (Lipinski definition) is 4. The monoisotopic (exact) mass is 800 g/mol. The smallest absolute Gasteiger partial charge is 0.122 e.